The van der Waals surface area contributed by atoms with Gasteiger partial charge in [-0.3, -0.25) is 0 Å². The molecule has 25 heavy (non-hydrogen) atoms. The van der Waals surface area contributed by atoms with Gasteiger partial charge in [-0.2, -0.15) is 0 Å². The van der Waals surface area contributed by atoms with E-state index < -0.39 is 13.8 Å². The number of pyridine rings is 1. The molecular formula is C20H16N2OSSe. The third-order valence-electron chi connectivity index (χ3n) is 4.66. The zero-order chi connectivity index (χ0) is 17.1. The molecule has 0 aliphatic carbocycles. The summed E-state index contributed by atoms with van der Waals surface area (Å²) < 4.78 is 15.0. The Bertz CT molecular complexity index is 1050. The summed E-state index contributed by atoms with van der Waals surface area (Å²) in [5.41, 5.74) is 3.51. The van der Waals surface area contributed by atoms with E-state index in [2.05, 4.69) is 48.0 Å². The monoisotopic (exact) mass is 412 g/mol. The van der Waals surface area contributed by atoms with Crippen molar-refractivity contribution in [1.82, 2.24) is 4.98 Å². The minimum absolute atomic E-state index is 0.459. The molecule has 1 unspecified atom stereocenters. The molecule has 1 atom stereocenters. The van der Waals surface area contributed by atoms with Crippen molar-refractivity contribution in [2.24, 2.45) is 0 Å². The predicted octanol–water partition coefficient (Wildman–Crippen LogP) is 3.99. The number of para-hydroxylation sites is 1. The van der Waals surface area contributed by atoms with Crippen LogP contribution in [0.4, 0.5) is 17.2 Å². The van der Waals surface area contributed by atoms with Crippen LogP contribution in [0.25, 0.3) is 0 Å². The molecular weight excluding hydrogens is 395 g/mol. The van der Waals surface area contributed by atoms with Gasteiger partial charge in [-0.15, -0.1) is 0 Å². The molecule has 0 radical (unpaired) electrons. The standard InChI is InChI=1S/C20H16N2OSSe/c1-12(2)13-8-9-15-14(11-13)22-19-16(24-15)5-3-6-17(19)25(23)18-7-4-10-21-20(18)22/h3-12H,1-2H3. The molecule has 3 aromatic rings. The molecule has 5 rings (SSSR count). The second kappa shape index (κ2) is 5.53. The van der Waals surface area contributed by atoms with Crippen molar-refractivity contribution >= 4 is 51.7 Å². The van der Waals surface area contributed by atoms with Gasteiger partial charge >= 0.3 is 155 Å². The molecule has 3 nitrogen and oxygen atoms in total. The van der Waals surface area contributed by atoms with Crippen molar-refractivity contribution in [3.8, 4) is 0 Å². The fourth-order valence-electron chi connectivity index (χ4n) is 3.38. The van der Waals surface area contributed by atoms with E-state index in [9.17, 15) is 3.83 Å². The number of hydrogen-bond donors (Lipinski definition) is 0. The molecule has 2 aliphatic heterocycles. The van der Waals surface area contributed by atoms with Crippen molar-refractivity contribution in [2.75, 3.05) is 4.90 Å². The van der Waals surface area contributed by atoms with Gasteiger partial charge in [0.15, 0.2) is 0 Å². The summed E-state index contributed by atoms with van der Waals surface area (Å²) in [5.74, 6) is 1.28. The van der Waals surface area contributed by atoms with Gasteiger partial charge in [0.1, 0.15) is 0 Å². The van der Waals surface area contributed by atoms with E-state index >= 15 is 0 Å². The van der Waals surface area contributed by atoms with E-state index in [1.54, 1.807) is 18.0 Å². The first kappa shape index (κ1) is 15.3. The Hall–Kier alpha value is -1.94. The number of aromatic nitrogens is 1. The second-order valence-corrected chi connectivity index (χ2v) is 10.6. The van der Waals surface area contributed by atoms with E-state index in [0.717, 1.165) is 31.0 Å². The molecule has 0 amide bonds. The van der Waals surface area contributed by atoms with Crippen LogP contribution in [0.5, 0.6) is 0 Å². The van der Waals surface area contributed by atoms with Crippen molar-refractivity contribution in [2.45, 2.75) is 29.6 Å². The summed E-state index contributed by atoms with van der Waals surface area (Å²) in [6, 6.07) is 16.7. The van der Waals surface area contributed by atoms with Crippen LogP contribution in [0.15, 0.2) is 64.5 Å². The summed E-state index contributed by atoms with van der Waals surface area (Å²) in [6.07, 6.45) is 1.79. The first-order valence-electron chi connectivity index (χ1n) is 8.27. The maximum absolute atomic E-state index is 13.2. The number of benzene rings is 2. The van der Waals surface area contributed by atoms with Crippen LogP contribution < -0.4 is 13.8 Å². The first-order chi connectivity index (χ1) is 12.1. The summed E-state index contributed by atoms with van der Waals surface area (Å²) in [6.45, 7) is 4.42. The van der Waals surface area contributed by atoms with Gasteiger partial charge in [0.05, 0.1) is 0 Å². The molecule has 0 saturated carbocycles. The maximum atomic E-state index is 13.2. The summed E-state index contributed by atoms with van der Waals surface area (Å²) in [7, 11) is 0. The van der Waals surface area contributed by atoms with Crippen LogP contribution in [0, 0.1) is 0 Å². The predicted molar refractivity (Wildman–Crippen MR) is 103 cm³/mol. The number of rotatable bonds is 1. The Kier molecular flexibility index (Phi) is 3.39. The Labute approximate surface area is 155 Å². The van der Waals surface area contributed by atoms with E-state index in [-0.39, 0.29) is 0 Å². The Morgan fingerprint density at radius 3 is 2.72 bits per heavy atom. The molecule has 124 valence electrons. The third kappa shape index (κ3) is 2.16. The number of fused-ring (bicyclic) bond motifs is 4. The first-order valence-corrected chi connectivity index (χ1v) is 11.5. The number of hydrogen-bond acceptors (Lipinski definition) is 4. The molecule has 0 fully saturated rings. The van der Waals surface area contributed by atoms with Crippen LogP contribution in [-0.2, 0) is 3.83 Å². The quantitative estimate of drug-likeness (QED) is 0.391. The minimum atomic E-state index is -2.29. The molecule has 0 N–H and O–H groups in total. The van der Waals surface area contributed by atoms with E-state index in [1.165, 1.54) is 10.5 Å². The average molecular weight is 411 g/mol. The van der Waals surface area contributed by atoms with Gasteiger partial charge in [0, 0.05) is 0 Å². The van der Waals surface area contributed by atoms with E-state index in [1.807, 2.05) is 24.3 Å². The normalized spacial score (nSPS) is 17.1. The average Bonchev–Trinajstić information content (AvgIpc) is 2.64. The summed E-state index contributed by atoms with van der Waals surface area (Å²) >= 11 is -0.535. The van der Waals surface area contributed by atoms with Crippen LogP contribution in [0.1, 0.15) is 25.3 Å². The van der Waals surface area contributed by atoms with E-state index in [4.69, 9.17) is 0 Å². The second-order valence-electron chi connectivity index (χ2n) is 6.52. The fraction of sp³-hybridized carbons (Fsp3) is 0.150. The van der Waals surface area contributed by atoms with Crippen LogP contribution in [-0.4, -0.2) is 18.8 Å². The van der Waals surface area contributed by atoms with Crippen LogP contribution >= 0.6 is 11.8 Å². The van der Waals surface area contributed by atoms with Gasteiger partial charge in [-0.25, -0.2) is 0 Å². The zero-order valence-corrected chi connectivity index (χ0v) is 16.4. The van der Waals surface area contributed by atoms with Gasteiger partial charge in [-0.1, -0.05) is 0 Å². The molecule has 1 aromatic heterocycles. The number of nitrogens with zero attached hydrogens (tertiary/aromatic N) is 2. The molecule has 2 aliphatic rings. The zero-order valence-electron chi connectivity index (χ0n) is 13.9. The SMILES string of the molecule is CC(C)c1ccc2c(c1)N1c3ncccc3[Se](=O)c3cccc(c31)S2. The van der Waals surface area contributed by atoms with Crippen LogP contribution in [0.3, 0.4) is 0 Å². The molecule has 5 heteroatoms. The number of anilines is 3. The van der Waals surface area contributed by atoms with Crippen LogP contribution in [0.2, 0.25) is 0 Å². The molecule has 0 saturated heterocycles. The molecule has 3 heterocycles. The summed E-state index contributed by atoms with van der Waals surface area (Å²) in [5, 5.41) is 0. The van der Waals surface area contributed by atoms with Crippen molar-refractivity contribution in [3.05, 3.63) is 60.3 Å². The Morgan fingerprint density at radius 1 is 1.04 bits per heavy atom. The Morgan fingerprint density at radius 2 is 1.88 bits per heavy atom. The molecule has 0 spiro atoms. The van der Waals surface area contributed by atoms with Gasteiger partial charge in [0.25, 0.3) is 0 Å². The van der Waals surface area contributed by atoms with Crippen molar-refractivity contribution < 1.29 is 3.83 Å². The van der Waals surface area contributed by atoms with E-state index in [0.29, 0.717) is 5.92 Å². The summed E-state index contributed by atoms with van der Waals surface area (Å²) in [4.78, 5) is 9.21. The molecule has 2 aromatic carbocycles. The van der Waals surface area contributed by atoms with Gasteiger partial charge < -0.3 is 0 Å². The van der Waals surface area contributed by atoms with Crippen molar-refractivity contribution in [1.29, 1.82) is 0 Å². The van der Waals surface area contributed by atoms with Crippen molar-refractivity contribution in [3.63, 3.8) is 0 Å². The fourth-order valence-corrected chi connectivity index (χ4v) is 7.39. The van der Waals surface area contributed by atoms with Gasteiger partial charge in [0.2, 0.25) is 0 Å². The van der Waals surface area contributed by atoms with Gasteiger partial charge in [-0.05, 0) is 0 Å². The molecule has 0 bridgehead atoms. The third-order valence-corrected chi connectivity index (χ3v) is 8.81. The topological polar surface area (TPSA) is 33.2 Å². The Balaban J connectivity index is 1.85.